The zero-order valence-corrected chi connectivity index (χ0v) is 29.3. The monoisotopic (exact) mass is 667 g/mol. The van der Waals surface area contributed by atoms with E-state index in [2.05, 4.69) is 112 Å². The Morgan fingerprint density at radius 2 is 1.38 bits per heavy atom. The highest BCUT2D eigenvalue weighted by Crippen LogP contribution is 2.41. The molecule has 1 saturated carbocycles. The molecule has 2 fully saturated rings. The molecule has 7 rings (SSSR count). The number of nitrogens with zero attached hydrogens (tertiary/aromatic N) is 4. The fourth-order valence-electron chi connectivity index (χ4n) is 8.47. The molecular weight excluding hydrogens is 619 g/mol. The number of nitrogens with one attached hydrogen (secondary N) is 1. The first-order valence-corrected chi connectivity index (χ1v) is 18.1. The van der Waals surface area contributed by atoms with E-state index >= 15 is 0 Å². The molecule has 4 atom stereocenters. The van der Waals surface area contributed by atoms with Gasteiger partial charge < -0.3 is 14.3 Å². The molecule has 1 aliphatic heterocycles. The number of likely N-dealkylation sites (N-methyl/N-ethyl adjacent to an activating group) is 1. The molecule has 1 saturated heterocycles. The SMILES string of the molecule is CON(C)[C@H](Cc1cn(C(c2ccccc2)(c2ccccc2)c2ccccc2)cn1)NC[C@@H]1C[C@H]2CCCC[C@@H]2CN1C(=O)c1ccccc1. The molecule has 7 heteroatoms. The molecule has 2 aliphatic rings. The first kappa shape index (κ1) is 33.9. The lowest BCUT2D eigenvalue weighted by Crippen LogP contribution is -2.56. The van der Waals surface area contributed by atoms with Gasteiger partial charge in [0, 0.05) is 44.4 Å². The molecular formula is C43H49N5O2. The predicted molar refractivity (Wildman–Crippen MR) is 198 cm³/mol. The van der Waals surface area contributed by atoms with Crippen LogP contribution >= 0.6 is 0 Å². The number of likely N-dealkylation sites (tertiary alicyclic amines) is 1. The normalized spacial score (nSPS) is 20.0. The molecule has 7 nitrogen and oxygen atoms in total. The maximum atomic E-state index is 13.9. The van der Waals surface area contributed by atoms with Crippen molar-refractivity contribution in [3.63, 3.8) is 0 Å². The molecule has 258 valence electrons. The topological polar surface area (TPSA) is 62.6 Å². The summed E-state index contributed by atoms with van der Waals surface area (Å²) in [5.74, 6) is 1.40. The van der Waals surface area contributed by atoms with Crippen molar-refractivity contribution in [1.29, 1.82) is 0 Å². The van der Waals surface area contributed by atoms with E-state index in [1.165, 1.54) is 25.7 Å². The third-order valence-corrected chi connectivity index (χ3v) is 11.1. The van der Waals surface area contributed by atoms with Crippen LogP contribution in [0.3, 0.4) is 0 Å². The minimum absolute atomic E-state index is 0.106. The van der Waals surface area contributed by atoms with E-state index < -0.39 is 5.54 Å². The summed E-state index contributed by atoms with van der Waals surface area (Å²) in [5, 5.41) is 5.69. The van der Waals surface area contributed by atoms with Crippen LogP contribution in [0.1, 0.15) is 64.8 Å². The number of fused-ring (bicyclic) bond motifs is 1. The molecule has 0 unspecified atom stereocenters. The second kappa shape index (κ2) is 15.5. The molecule has 4 aromatic carbocycles. The highest BCUT2D eigenvalue weighted by molar-refractivity contribution is 5.94. The van der Waals surface area contributed by atoms with Gasteiger partial charge in [-0.05, 0) is 53.5 Å². The molecule has 50 heavy (non-hydrogen) atoms. The number of aromatic nitrogens is 2. The van der Waals surface area contributed by atoms with Crippen LogP contribution in [0.4, 0.5) is 0 Å². The zero-order chi connectivity index (χ0) is 34.3. The maximum Gasteiger partial charge on any atom is 0.254 e. The van der Waals surface area contributed by atoms with Gasteiger partial charge in [0.25, 0.3) is 5.91 Å². The number of benzene rings is 4. The fraction of sp³-hybridized carbons (Fsp3) is 0.349. The van der Waals surface area contributed by atoms with Crippen LogP contribution in [-0.4, -0.2) is 64.9 Å². The van der Waals surface area contributed by atoms with Gasteiger partial charge >= 0.3 is 0 Å². The van der Waals surface area contributed by atoms with Gasteiger partial charge in [-0.1, -0.05) is 128 Å². The molecule has 1 N–H and O–H groups in total. The van der Waals surface area contributed by atoms with Crippen molar-refractivity contribution in [1.82, 2.24) is 24.8 Å². The Morgan fingerprint density at radius 1 is 0.840 bits per heavy atom. The van der Waals surface area contributed by atoms with Crippen molar-refractivity contribution in [3.8, 4) is 0 Å². The number of amides is 1. The van der Waals surface area contributed by atoms with E-state index in [-0.39, 0.29) is 18.1 Å². The Balaban J connectivity index is 1.18. The minimum atomic E-state index is -0.623. The molecule has 2 heterocycles. The van der Waals surface area contributed by atoms with Gasteiger partial charge in [-0.2, -0.15) is 5.06 Å². The first-order chi connectivity index (χ1) is 24.6. The summed E-state index contributed by atoms with van der Waals surface area (Å²) < 4.78 is 2.26. The average Bonchev–Trinajstić information content (AvgIpc) is 3.66. The molecule has 5 aromatic rings. The first-order valence-electron chi connectivity index (χ1n) is 18.1. The lowest BCUT2D eigenvalue weighted by molar-refractivity contribution is -0.149. The van der Waals surface area contributed by atoms with Gasteiger partial charge in [0.15, 0.2) is 0 Å². The summed E-state index contributed by atoms with van der Waals surface area (Å²) in [4.78, 5) is 26.9. The summed E-state index contributed by atoms with van der Waals surface area (Å²) in [6.07, 6.45) is 10.7. The van der Waals surface area contributed by atoms with E-state index in [4.69, 9.17) is 9.82 Å². The van der Waals surface area contributed by atoms with Crippen molar-refractivity contribution >= 4 is 5.91 Å². The van der Waals surface area contributed by atoms with Gasteiger partial charge in [0.1, 0.15) is 5.54 Å². The van der Waals surface area contributed by atoms with E-state index in [9.17, 15) is 4.79 Å². The Labute approximate surface area is 296 Å². The second-order valence-corrected chi connectivity index (χ2v) is 14.0. The number of imidazole rings is 1. The third-order valence-electron chi connectivity index (χ3n) is 11.1. The number of hydrogen-bond acceptors (Lipinski definition) is 5. The van der Waals surface area contributed by atoms with Gasteiger partial charge in [-0.3, -0.25) is 10.1 Å². The van der Waals surface area contributed by atoms with Crippen LogP contribution in [0.2, 0.25) is 0 Å². The summed E-state index contributed by atoms with van der Waals surface area (Å²) >= 11 is 0. The predicted octanol–water partition coefficient (Wildman–Crippen LogP) is 7.40. The summed E-state index contributed by atoms with van der Waals surface area (Å²) in [7, 11) is 3.67. The minimum Gasteiger partial charge on any atom is -0.334 e. The lowest BCUT2D eigenvalue weighted by atomic mass is 9.72. The van der Waals surface area contributed by atoms with E-state index in [1.54, 1.807) is 7.11 Å². The average molecular weight is 668 g/mol. The zero-order valence-electron chi connectivity index (χ0n) is 29.3. The number of piperidine rings is 1. The quantitative estimate of drug-likeness (QED) is 0.0854. The van der Waals surface area contributed by atoms with Crippen LogP contribution in [0, 0.1) is 11.8 Å². The Bertz CT molecular complexity index is 1700. The number of hydrogen-bond donors (Lipinski definition) is 1. The van der Waals surface area contributed by atoms with Gasteiger partial charge in [0.2, 0.25) is 0 Å². The van der Waals surface area contributed by atoms with Crippen LogP contribution in [0.25, 0.3) is 0 Å². The van der Waals surface area contributed by atoms with Crippen molar-refractivity contribution in [2.24, 2.45) is 11.8 Å². The van der Waals surface area contributed by atoms with Gasteiger partial charge in [0.05, 0.1) is 25.3 Å². The van der Waals surface area contributed by atoms with Crippen LogP contribution in [0.15, 0.2) is 134 Å². The smallest absolute Gasteiger partial charge is 0.254 e. The summed E-state index contributed by atoms with van der Waals surface area (Å²) in [6.45, 7) is 1.52. The molecule has 0 spiro atoms. The van der Waals surface area contributed by atoms with Crippen molar-refractivity contribution in [2.75, 3.05) is 27.2 Å². The number of carbonyl (C=O) groups is 1. The molecule has 1 amide bonds. The van der Waals surface area contributed by atoms with Crippen molar-refractivity contribution < 1.29 is 9.63 Å². The summed E-state index contributed by atoms with van der Waals surface area (Å²) in [5.41, 5.74) is 4.57. The Hall–Kier alpha value is -4.56. The van der Waals surface area contributed by atoms with Crippen LogP contribution in [0.5, 0.6) is 0 Å². The van der Waals surface area contributed by atoms with Crippen LogP contribution in [-0.2, 0) is 16.8 Å². The second-order valence-electron chi connectivity index (χ2n) is 14.0. The fourth-order valence-corrected chi connectivity index (χ4v) is 8.47. The largest absolute Gasteiger partial charge is 0.334 e. The molecule has 1 aliphatic carbocycles. The lowest BCUT2D eigenvalue weighted by Gasteiger charge is -2.47. The van der Waals surface area contributed by atoms with Crippen molar-refractivity contribution in [2.45, 2.75) is 56.3 Å². The van der Waals surface area contributed by atoms with Crippen molar-refractivity contribution in [3.05, 3.63) is 162 Å². The number of carbonyl (C=O) groups excluding carboxylic acids is 1. The maximum absolute atomic E-state index is 13.9. The standard InChI is InChI=1S/C43H49N5O2/c1-46(50-2)41(44-29-40-27-34-19-15-16-20-35(34)30-48(40)42(49)33-17-7-3-8-18-33)28-39-31-47(32-45-39)43(36-21-9-4-10-22-36,37-23-11-5-12-24-37)38-25-13-6-14-26-38/h3-14,17-18,21-26,31-32,34-35,40-41,44H,15-16,19-20,27-30H2,1-2H3/t34-,35-,40+,41-/m1/s1. The highest BCUT2D eigenvalue weighted by Gasteiger charge is 2.40. The molecule has 1 aromatic heterocycles. The van der Waals surface area contributed by atoms with Crippen LogP contribution < -0.4 is 5.32 Å². The Morgan fingerprint density at radius 3 is 1.94 bits per heavy atom. The molecule has 0 bridgehead atoms. The Kier molecular flexibility index (Phi) is 10.5. The third kappa shape index (κ3) is 6.91. The van der Waals surface area contributed by atoms with E-state index in [0.29, 0.717) is 24.8 Å². The van der Waals surface area contributed by atoms with E-state index in [0.717, 1.165) is 40.9 Å². The van der Waals surface area contributed by atoms with E-state index in [1.807, 2.05) is 48.8 Å². The highest BCUT2D eigenvalue weighted by atomic mass is 16.7. The summed E-state index contributed by atoms with van der Waals surface area (Å²) in [6, 6.07) is 41.9. The molecule has 0 radical (unpaired) electrons. The van der Waals surface area contributed by atoms with Gasteiger partial charge in [-0.15, -0.1) is 0 Å². The number of rotatable bonds is 12. The number of hydroxylamine groups is 2. The van der Waals surface area contributed by atoms with Gasteiger partial charge in [-0.25, -0.2) is 4.98 Å².